The van der Waals surface area contributed by atoms with Crippen molar-refractivity contribution in [1.29, 1.82) is 0 Å². The van der Waals surface area contributed by atoms with Crippen molar-refractivity contribution >= 4 is 17.2 Å². The van der Waals surface area contributed by atoms with Gasteiger partial charge in [0.2, 0.25) is 0 Å². The summed E-state index contributed by atoms with van der Waals surface area (Å²) in [4.78, 5) is 13.4. The molecule has 0 saturated heterocycles. The summed E-state index contributed by atoms with van der Waals surface area (Å²) in [7, 11) is 1.87. The molecule has 0 aliphatic rings. The van der Waals surface area contributed by atoms with Crippen LogP contribution < -0.4 is 5.32 Å². The summed E-state index contributed by atoms with van der Waals surface area (Å²) in [5.74, 6) is 1.71. The topological polar surface area (TPSA) is 50.7 Å². The van der Waals surface area contributed by atoms with E-state index in [1.165, 1.54) is 0 Å². The van der Waals surface area contributed by atoms with Crippen molar-refractivity contribution in [3.63, 3.8) is 0 Å². The number of thiazole rings is 1. The highest BCUT2D eigenvalue weighted by Gasteiger charge is 2.06. The second-order valence-corrected chi connectivity index (χ2v) is 4.77. The second-order valence-electron chi connectivity index (χ2n) is 3.82. The minimum atomic E-state index is 0.709. The van der Waals surface area contributed by atoms with E-state index >= 15 is 0 Å². The average Bonchev–Trinajstić information content (AvgIpc) is 2.74. The zero-order valence-electron chi connectivity index (χ0n) is 10.3. The van der Waals surface area contributed by atoms with Gasteiger partial charge in [0, 0.05) is 29.9 Å². The Labute approximate surface area is 105 Å². The predicted molar refractivity (Wildman–Crippen MR) is 70.6 cm³/mol. The molecule has 2 aromatic rings. The van der Waals surface area contributed by atoms with Gasteiger partial charge in [0.1, 0.15) is 16.6 Å². The molecule has 17 heavy (non-hydrogen) atoms. The molecule has 0 spiro atoms. The van der Waals surface area contributed by atoms with Crippen molar-refractivity contribution in [3.8, 4) is 0 Å². The molecule has 0 amide bonds. The Hall–Kier alpha value is -1.49. The molecule has 0 radical (unpaired) electrons. The summed E-state index contributed by atoms with van der Waals surface area (Å²) < 4.78 is 0. The van der Waals surface area contributed by atoms with E-state index in [0.29, 0.717) is 6.42 Å². The maximum absolute atomic E-state index is 4.52. The lowest BCUT2D eigenvalue weighted by Crippen LogP contribution is -2.03. The summed E-state index contributed by atoms with van der Waals surface area (Å²) in [6.45, 7) is 4.10. The summed E-state index contributed by atoms with van der Waals surface area (Å²) in [6.07, 6.45) is 1.63. The zero-order chi connectivity index (χ0) is 12.3. The van der Waals surface area contributed by atoms with Crippen LogP contribution in [0.25, 0.3) is 0 Å². The highest BCUT2D eigenvalue weighted by Crippen LogP contribution is 2.14. The monoisotopic (exact) mass is 248 g/mol. The summed E-state index contributed by atoms with van der Waals surface area (Å²) in [5, 5.41) is 6.19. The second kappa shape index (κ2) is 5.23. The predicted octanol–water partition coefficient (Wildman–Crippen LogP) is 2.44. The lowest BCUT2D eigenvalue weighted by Gasteiger charge is -2.05. The maximum Gasteiger partial charge on any atom is 0.137 e. The van der Waals surface area contributed by atoms with Gasteiger partial charge in [-0.05, 0) is 13.3 Å². The van der Waals surface area contributed by atoms with Gasteiger partial charge >= 0.3 is 0 Å². The molecule has 2 rings (SSSR count). The Kier molecular flexibility index (Phi) is 3.68. The molecule has 0 bridgehead atoms. The van der Waals surface area contributed by atoms with E-state index in [-0.39, 0.29) is 0 Å². The van der Waals surface area contributed by atoms with Gasteiger partial charge in [0.05, 0.1) is 6.42 Å². The van der Waals surface area contributed by atoms with Crippen molar-refractivity contribution in [2.75, 3.05) is 12.4 Å². The molecule has 1 N–H and O–H groups in total. The fourth-order valence-corrected chi connectivity index (χ4v) is 2.33. The number of nitrogens with zero attached hydrogens (tertiary/aromatic N) is 3. The van der Waals surface area contributed by atoms with Gasteiger partial charge < -0.3 is 5.32 Å². The summed E-state index contributed by atoms with van der Waals surface area (Å²) in [6, 6.07) is 1.98. The van der Waals surface area contributed by atoms with Crippen LogP contribution >= 0.6 is 11.3 Å². The van der Waals surface area contributed by atoms with E-state index in [1.54, 1.807) is 11.3 Å². The van der Waals surface area contributed by atoms with Crippen LogP contribution in [0.3, 0.4) is 0 Å². The minimum Gasteiger partial charge on any atom is -0.373 e. The van der Waals surface area contributed by atoms with Gasteiger partial charge in [-0.15, -0.1) is 11.3 Å². The van der Waals surface area contributed by atoms with Crippen LogP contribution in [0.5, 0.6) is 0 Å². The normalized spacial score (nSPS) is 10.5. The Morgan fingerprint density at radius 3 is 2.71 bits per heavy atom. The molecule has 0 unspecified atom stereocenters. The van der Waals surface area contributed by atoms with Gasteiger partial charge in [-0.3, -0.25) is 0 Å². The lowest BCUT2D eigenvalue weighted by molar-refractivity contribution is 0.900. The fraction of sp³-hybridized carbons (Fsp3) is 0.417. The van der Waals surface area contributed by atoms with Crippen molar-refractivity contribution in [3.05, 3.63) is 33.7 Å². The fourth-order valence-electron chi connectivity index (χ4n) is 1.56. The molecule has 0 aliphatic carbocycles. The first-order valence-corrected chi connectivity index (χ1v) is 6.54. The number of nitrogens with one attached hydrogen (secondary N) is 1. The van der Waals surface area contributed by atoms with E-state index < -0.39 is 0 Å². The highest BCUT2D eigenvalue weighted by atomic mass is 32.1. The number of aryl methyl sites for hydroxylation is 2. The molecule has 4 nitrogen and oxygen atoms in total. The van der Waals surface area contributed by atoms with Gasteiger partial charge in [-0.1, -0.05) is 6.92 Å². The van der Waals surface area contributed by atoms with Crippen molar-refractivity contribution in [1.82, 2.24) is 15.0 Å². The Morgan fingerprint density at radius 1 is 1.29 bits per heavy atom. The van der Waals surface area contributed by atoms with E-state index in [0.717, 1.165) is 34.5 Å². The molecule has 0 saturated carbocycles. The largest absolute Gasteiger partial charge is 0.373 e. The standard InChI is InChI=1S/C12H16N4S/c1-4-9-5-10(13-3)16-11(15-9)6-12-14-8(2)7-17-12/h5,7H,4,6H2,1-3H3,(H,13,15,16). The third kappa shape index (κ3) is 3.00. The molecular formula is C12H16N4S. The van der Waals surface area contributed by atoms with E-state index in [1.807, 2.05) is 20.0 Å². The van der Waals surface area contributed by atoms with E-state index in [4.69, 9.17) is 0 Å². The van der Waals surface area contributed by atoms with Crippen LogP contribution in [-0.4, -0.2) is 22.0 Å². The third-order valence-corrected chi connectivity index (χ3v) is 3.39. The minimum absolute atomic E-state index is 0.709. The SMILES string of the molecule is CCc1cc(NC)nc(Cc2nc(C)cs2)n1. The van der Waals surface area contributed by atoms with Crippen LogP contribution in [0.15, 0.2) is 11.4 Å². The van der Waals surface area contributed by atoms with E-state index in [2.05, 4.69) is 32.6 Å². The zero-order valence-corrected chi connectivity index (χ0v) is 11.1. The third-order valence-electron chi connectivity index (χ3n) is 2.42. The number of hydrogen-bond donors (Lipinski definition) is 1. The maximum atomic E-state index is 4.52. The van der Waals surface area contributed by atoms with Crippen molar-refractivity contribution in [2.45, 2.75) is 26.7 Å². The molecule has 0 aliphatic heterocycles. The van der Waals surface area contributed by atoms with Gasteiger partial charge in [0.15, 0.2) is 0 Å². The van der Waals surface area contributed by atoms with E-state index in [9.17, 15) is 0 Å². The van der Waals surface area contributed by atoms with Crippen LogP contribution in [0.2, 0.25) is 0 Å². The number of anilines is 1. The smallest absolute Gasteiger partial charge is 0.137 e. The first kappa shape index (κ1) is 12.0. The Balaban J connectivity index is 2.25. The summed E-state index contributed by atoms with van der Waals surface area (Å²) in [5.41, 5.74) is 2.12. The molecule has 0 fully saturated rings. The summed E-state index contributed by atoms with van der Waals surface area (Å²) >= 11 is 1.66. The van der Waals surface area contributed by atoms with Crippen LogP contribution in [0.4, 0.5) is 5.82 Å². The molecule has 2 heterocycles. The Bertz CT molecular complexity index is 485. The highest BCUT2D eigenvalue weighted by molar-refractivity contribution is 7.09. The molecule has 0 aromatic carbocycles. The van der Waals surface area contributed by atoms with Crippen molar-refractivity contribution in [2.24, 2.45) is 0 Å². The molecule has 90 valence electrons. The Morgan fingerprint density at radius 2 is 2.12 bits per heavy atom. The average molecular weight is 248 g/mol. The quantitative estimate of drug-likeness (QED) is 0.903. The molecule has 0 atom stereocenters. The number of rotatable bonds is 4. The van der Waals surface area contributed by atoms with Gasteiger partial charge in [0.25, 0.3) is 0 Å². The molecule has 2 aromatic heterocycles. The van der Waals surface area contributed by atoms with Gasteiger partial charge in [-0.25, -0.2) is 15.0 Å². The first-order valence-electron chi connectivity index (χ1n) is 5.67. The number of hydrogen-bond acceptors (Lipinski definition) is 5. The molecular weight excluding hydrogens is 232 g/mol. The van der Waals surface area contributed by atoms with Crippen LogP contribution in [0.1, 0.15) is 29.1 Å². The molecule has 5 heteroatoms. The first-order chi connectivity index (χ1) is 8.21. The van der Waals surface area contributed by atoms with Crippen molar-refractivity contribution < 1.29 is 0 Å². The number of aromatic nitrogens is 3. The van der Waals surface area contributed by atoms with Crippen LogP contribution in [-0.2, 0) is 12.8 Å². The van der Waals surface area contributed by atoms with Gasteiger partial charge in [-0.2, -0.15) is 0 Å². The lowest BCUT2D eigenvalue weighted by atomic mass is 10.3. The van der Waals surface area contributed by atoms with Crippen LogP contribution in [0, 0.1) is 6.92 Å².